The van der Waals surface area contributed by atoms with E-state index in [2.05, 4.69) is 5.32 Å². The molecule has 0 bridgehead atoms. The van der Waals surface area contributed by atoms with Gasteiger partial charge in [0, 0.05) is 0 Å². The van der Waals surface area contributed by atoms with Crippen LogP contribution in [0.4, 0.5) is 0 Å². The third-order valence-corrected chi connectivity index (χ3v) is 3.36. The molecule has 1 rings (SSSR count). The molecule has 0 heterocycles. The number of rotatable bonds is 7. The van der Waals surface area contributed by atoms with Gasteiger partial charge in [0.2, 0.25) is 5.91 Å². The van der Waals surface area contributed by atoms with Gasteiger partial charge in [-0.15, -0.1) is 0 Å². The van der Waals surface area contributed by atoms with Crippen molar-refractivity contribution in [2.75, 3.05) is 13.2 Å². The predicted octanol–water partition coefficient (Wildman–Crippen LogP) is 1.32. The summed E-state index contributed by atoms with van der Waals surface area (Å²) in [6.07, 6.45) is 3.24. The Bertz CT molecular complexity index is 361. The Balaban J connectivity index is 2.55. The van der Waals surface area contributed by atoms with Crippen molar-refractivity contribution in [2.24, 2.45) is 0 Å². The van der Waals surface area contributed by atoms with E-state index in [4.69, 9.17) is 9.47 Å². The van der Waals surface area contributed by atoms with Crippen molar-refractivity contribution in [3.8, 4) is 0 Å². The van der Waals surface area contributed by atoms with Crippen LogP contribution in [0.15, 0.2) is 0 Å². The first-order valence-electron chi connectivity index (χ1n) is 7.13. The van der Waals surface area contributed by atoms with Gasteiger partial charge in [-0.05, 0) is 26.7 Å². The molecule has 1 saturated carbocycles. The lowest BCUT2D eigenvalue weighted by Gasteiger charge is -2.29. The van der Waals surface area contributed by atoms with Gasteiger partial charge >= 0.3 is 11.9 Å². The Morgan fingerprint density at radius 1 is 1.00 bits per heavy atom. The molecule has 20 heavy (non-hydrogen) atoms. The molecule has 0 saturated heterocycles. The second-order valence-corrected chi connectivity index (χ2v) is 5.00. The van der Waals surface area contributed by atoms with E-state index < -0.39 is 17.4 Å². The SMILES string of the molecule is CCOC(=O)CC(=O)NC1(CC(=O)OCC)CCCC1. The second-order valence-electron chi connectivity index (χ2n) is 5.00. The fourth-order valence-electron chi connectivity index (χ4n) is 2.57. The Hall–Kier alpha value is -1.59. The molecule has 0 aliphatic heterocycles. The highest BCUT2D eigenvalue weighted by Gasteiger charge is 2.38. The minimum Gasteiger partial charge on any atom is -0.466 e. The molecule has 1 aliphatic carbocycles. The van der Waals surface area contributed by atoms with Crippen molar-refractivity contribution >= 4 is 17.8 Å². The molecule has 1 amide bonds. The van der Waals surface area contributed by atoms with Gasteiger partial charge in [-0.25, -0.2) is 0 Å². The molecule has 0 aromatic heterocycles. The molecule has 114 valence electrons. The van der Waals surface area contributed by atoms with E-state index >= 15 is 0 Å². The average molecular weight is 285 g/mol. The number of carbonyl (C=O) groups excluding carboxylic acids is 3. The summed E-state index contributed by atoms with van der Waals surface area (Å²) in [6.45, 7) is 4.01. The topological polar surface area (TPSA) is 81.7 Å². The predicted molar refractivity (Wildman–Crippen MR) is 71.8 cm³/mol. The van der Waals surface area contributed by atoms with E-state index in [1.54, 1.807) is 13.8 Å². The summed E-state index contributed by atoms with van der Waals surface area (Å²) in [5, 5.41) is 2.83. The molecule has 1 fully saturated rings. The van der Waals surface area contributed by atoms with E-state index in [0.717, 1.165) is 25.7 Å². The van der Waals surface area contributed by atoms with Crippen molar-refractivity contribution < 1.29 is 23.9 Å². The van der Waals surface area contributed by atoms with E-state index in [0.29, 0.717) is 6.61 Å². The number of amides is 1. The van der Waals surface area contributed by atoms with Gasteiger partial charge in [0.25, 0.3) is 0 Å². The maximum Gasteiger partial charge on any atom is 0.315 e. The average Bonchev–Trinajstić information content (AvgIpc) is 2.77. The number of esters is 2. The Labute approximate surface area is 119 Å². The maximum atomic E-state index is 11.9. The zero-order chi connectivity index (χ0) is 15.0. The molecule has 0 atom stereocenters. The fraction of sp³-hybridized carbons (Fsp3) is 0.786. The molecule has 0 aromatic rings. The van der Waals surface area contributed by atoms with Gasteiger partial charge in [-0.3, -0.25) is 14.4 Å². The summed E-state index contributed by atoms with van der Waals surface area (Å²) in [6, 6.07) is 0. The molecule has 0 unspecified atom stereocenters. The maximum absolute atomic E-state index is 11.9. The minimum atomic E-state index is -0.560. The quantitative estimate of drug-likeness (QED) is 0.563. The standard InChI is InChI=1S/C14H23NO5/c1-3-19-12(17)9-11(16)15-14(7-5-6-8-14)10-13(18)20-4-2/h3-10H2,1-2H3,(H,15,16). The molecular formula is C14H23NO5. The van der Waals surface area contributed by atoms with Crippen LogP contribution in [0.3, 0.4) is 0 Å². The lowest BCUT2D eigenvalue weighted by atomic mass is 9.93. The highest BCUT2D eigenvalue weighted by molar-refractivity contribution is 5.94. The molecule has 1 N–H and O–H groups in total. The van der Waals surface area contributed by atoms with Gasteiger partial charge in [0.15, 0.2) is 0 Å². The first-order valence-corrected chi connectivity index (χ1v) is 7.13. The fourth-order valence-corrected chi connectivity index (χ4v) is 2.57. The molecular weight excluding hydrogens is 262 g/mol. The van der Waals surface area contributed by atoms with Crippen molar-refractivity contribution in [3.63, 3.8) is 0 Å². The highest BCUT2D eigenvalue weighted by Crippen LogP contribution is 2.33. The third kappa shape index (κ3) is 5.19. The minimum absolute atomic E-state index is 0.162. The van der Waals surface area contributed by atoms with Crippen molar-refractivity contribution in [1.29, 1.82) is 0 Å². The monoisotopic (exact) mass is 285 g/mol. The second kappa shape index (κ2) is 7.87. The van der Waals surface area contributed by atoms with Crippen LogP contribution in [-0.4, -0.2) is 36.6 Å². The zero-order valence-electron chi connectivity index (χ0n) is 12.2. The number of carbonyl (C=O) groups is 3. The molecule has 1 aliphatic rings. The largest absolute Gasteiger partial charge is 0.466 e. The van der Waals surface area contributed by atoms with Crippen LogP contribution in [0, 0.1) is 0 Å². The van der Waals surface area contributed by atoms with Gasteiger partial charge < -0.3 is 14.8 Å². The van der Waals surface area contributed by atoms with Crippen LogP contribution >= 0.6 is 0 Å². The van der Waals surface area contributed by atoms with Crippen molar-refractivity contribution in [1.82, 2.24) is 5.32 Å². The molecule has 0 aromatic carbocycles. The summed E-state index contributed by atoms with van der Waals surface area (Å²) in [5.74, 6) is -1.25. The molecule has 0 spiro atoms. The Morgan fingerprint density at radius 3 is 2.10 bits per heavy atom. The van der Waals surface area contributed by atoms with Crippen LogP contribution in [0.5, 0.6) is 0 Å². The summed E-state index contributed by atoms with van der Waals surface area (Å²) in [5.41, 5.74) is -0.560. The van der Waals surface area contributed by atoms with Crippen LogP contribution in [0.25, 0.3) is 0 Å². The van der Waals surface area contributed by atoms with E-state index in [1.165, 1.54) is 0 Å². The van der Waals surface area contributed by atoms with E-state index in [-0.39, 0.29) is 25.4 Å². The normalized spacial score (nSPS) is 16.5. The highest BCUT2D eigenvalue weighted by atomic mass is 16.5. The third-order valence-electron chi connectivity index (χ3n) is 3.36. The summed E-state index contributed by atoms with van der Waals surface area (Å²) in [4.78, 5) is 34.8. The summed E-state index contributed by atoms with van der Waals surface area (Å²) < 4.78 is 9.69. The summed E-state index contributed by atoms with van der Waals surface area (Å²) in [7, 11) is 0. The smallest absolute Gasteiger partial charge is 0.315 e. The number of nitrogens with one attached hydrogen (secondary N) is 1. The lowest BCUT2D eigenvalue weighted by molar-refractivity contribution is -0.146. The number of hydrogen-bond acceptors (Lipinski definition) is 5. The van der Waals surface area contributed by atoms with Crippen molar-refractivity contribution in [2.45, 2.75) is 57.9 Å². The van der Waals surface area contributed by atoms with Crippen LogP contribution in [0.2, 0.25) is 0 Å². The molecule has 0 radical (unpaired) electrons. The number of hydrogen-bond donors (Lipinski definition) is 1. The molecule has 6 heteroatoms. The summed E-state index contributed by atoms with van der Waals surface area (Å²) >= 11 is 0. The van der Waals surface area contributed by atoms with Crippen LogP contribution in [-0.2, 0) is 23.9 Å². The van der Waals surface area contributed by atoms with Crippen molar-refractivity contribution in [3.05, 3.63) is 0 Å². The Kier molecular flexibility index (Phi) is 6.48. The van der Waals surface area contributed by atoms with Gasteiger partial charge in [0.05, 0.1) is 25.2 Å². The number of ether oxygens (including phenoxy) is 2. The van der Waals surface area contributed by atoms with Gasteiger partial charge in [-0.1, -0.05) is 12.8 Å². The van der Waals surface area contributed by atoms with Crippen LogP contribution in [0.1, 0.15) is 52.4 Å². The van der Waals surface area contributed by atoms with Gasteiger partial charge in [0.1, 0.15) is 6.42 Å². The first-order chi connectivity index (χ1) is 9.51. The molecule has 6 nitrogen and oxygen atoms in total. The lowest BCUT2D eigenvalue weighted by Crippen LogP contribution is -2.48. The van der Waals surface area contributed by atoms with E-state index in [1.807, 2.05) is 0 Å². The van der Waals surface area contributed by atoms with Gasteiger partial charge in [-0.2, -0.15) is 0 Å². The zero-order valence-corrected chi connectivity index (χ0v) is 12.2. The van der Waals surface area contributed by atoms with E-state index in [9.17, 15) is 14.4 Å². The first kappa shape index (κ1) is 16.5. The van der Waals surface area contributed by atoms with Crippen LogP contribution < -0.4 is 5.32 Å². The Morgan fingerprint density at radius 2 is 1.55 bits per heavy atom.